The number of hydrogen-bond donors (Lipinski definition) is 3. The molecule has 0 heterocycles. The SMILES string of the molecule is CCS(=O)(=O)c1ccc(O)c(NCCN)c1. The predicted octanol–water partition coefficient (Wildman–Crippen LogP) is 0.556. The van der Waals surface area contributed by atoms with Crippen LogP contribution >= 0.6 is 0 Å². The Bertz CT molecular complexity index is 457. The molecule has 1 aromatic carbocycles. The van der Waals surface area contributed by atoms with Gasteiger partial charge in [-0.3, -0.25) is 0 Å². The lowest BCUT2D eigenvalue weighted by molar-refractivity contribution is 0.476. The average Bonchev–Trinajstić information content (AvgIpc) is 2.27. The molecule has 0 fully saturated rings. The Labute approximate surface area is 95.2 Å². The molecule has 4 N–H and O–H groups in total. The summed E-state index contributed by atoms with van der Waals surface area (Å²) in [6.07, 6.45) is 0. The Kier molecular flexibility index (Phi) is 4.14. The highest BCUT2D eigenvalue weighted by Crippen LogP contribution is 2.26. The first-order valence-electron chi connectivity index (χ1n) is 5.01. The van der Waals surface area contributed by atoms with Crippen molar-refractivity contribution in [1.29, 1.82) is 0 Å². The highest BCUT2D eigenvalue weighted by Gasteiger charge is 2.13. The Balaban J connectivity index is 3.07. The molecule has 0 bridgehead atoms. The molecule has 5 nitrogen and oxygen atoms in total. The summed E-state index contributed by atoms with van der Waals surface area (Å²) in [6.45, 7) is 2.46. The van der Waals surface area contributed by atoms with Crippen LogP contribution in [0, 0.1) is 0 Å². The third kappa shape index (κ3) is 2.86. The van der Waals surface area contributed by atoms with Crippen LogP contribution in [0.5, 0.6) is 5.75 Å². The molecule has 0 aromatic heterocycles. The molecule has 0 aliphatic carbocycles. The maximum Gasteiger partial charge on any atom is 0.178 e. The van der Waals surface area contributed by atoms with E-state index in [0.717, 1.165) is 0 Å². The normalized spacial score (nSPS) is 11.4. The second-order valence-electron chi connectivity index (χ2n) is 3.30. The van der Waals surface area contributed by atoms with Crippen LogP contribution in [0.15, 0.2) is 23.1 Å². The Morgan fingerprint density at radius 2 is 2.12 bits per heavy atom. The zero-order chi connectivity index (χ0) is 12.2. The van der Waals surface area contributed by atoms with E-state index in [-0.39, 0.29) is 16.4 Å². The summed E-state index contributed by atoms with van der Waals surface area (Å²) >= 11 is 0. The first-order valence-corrected chi connectivity index (χ1v) is 6.66. The molecule has 0 unspecified atom stereocenters. The Morgan fingerprint density at radius 1 is 1.44 bits per heavy atom. The fourth-order valence-corrected chi connectivity index (χ4v) is 2.13. The Hall–Kier alpha value is -1.27. The first kappa shape index (κ1) is 12.8. The summed E-state index contributed by atoms with van der Waals surface area (Å²) in [5.74, 6) is 0.0530. The Morgan fingerprint density at radius 3 is 2.69 bits per heavy atom. The number of nitrogens with two attached hydrogens (primary N) is 1. The van der Waals surface area contributed by atoms with Crippen molar-refractivity contribution >= 4 is 15.5 Å². The summed E-state index contributed by atoms with van der Waals surface area (Å²) in [4.78, 5) is 0.201. The molecule has 90 valence electrons. The number of hydrogen-bond acceptors (Lipinski definition) is 5. The molecule has 16 heavy (non-hydrogen) atoms. The van der Waals surface area contributed by atoms with Gasteiger partial charge in [0.25, 0.3) is 0 Å². The lowest BCUT2D eigenvalue weighted by atomic mass is 10.3. The molecule has 0 spiro atoms. The van der Waals surface area contributed by atoms with Crippen molar-refractivity contribution in [2.45, 2.75) is 11.8 Å². The van der Waals surface area contributed by atoms with Gasteiger partial charge in [-0.05, 0) is 18.2 Å². The van der Waals surface area contributed by atoms with Gasteiger partial charge >= 0.3 is 0 Å². The van der Waals surface area contributed by atoms with Gasteiger partial charge < -0.3 is 16.2 Å². The summed E-state index contributed by atoms with van der Waals surface area (Å²) in [5, 5.41) is 12.4. The molecule has 1 rings (SSSR count). The third-order valence-electron chi connectivity index (χ3n) is 2.17. The van der Waals surface area contributed by atoms with E-state index in [2.05, 4.69) is 5.32 Å². The van der Waals surface area contributed by atoms with Crippen LogP contribution in [0.4, 0.5) is 5.69 Å². The topological polar surface area (TPSA) is 92.4 Å². The summed E-state index contributed by atoms with van der Waals surface area (Å²) in [7, 11) is -3.24. The third-order valence-corrected chi connectivity index (χ3v) is 3.90. The van der Waals surface area contributed by atoms with E-state index in [1.165, 1.54) is 18.2 Å². The van der Waals surface area contributed by atoms with Crippen LogP contribution in [0.1, 0.15) is 6.92 Å². The smallest absolute Gasteiger partial charge is 0.178 e. The quantitative estimate of drug-likeness (QED) is 0.658. The zero-order valence-corrected chi connectivity index (χ0v) is 9.92. The lowest BCUT2D eigenvalue weighted by Crippen LogP contribution is -2.13. The number of phenolic OH excluding ortho intramolecular Hbond substituents is 1. The van der Waals surface area contributed by atoms with Gasteiger partial charge in [0, 0.05) is 13.1 Å². The fraction of sp³-hybridized carbons (Fsp3) is 0.400. The van der Waals surface area contributed by atoms with Crippen molar-refractivity contribution in [2.24, 2.45) is 5.73 Å². The summed E-state index contributed by atoms with van der Waals surface area (Å²) in [5.41, 5.74) is 5.70. The monoisotopic (exact) mass is 244 g/mol. The van der Waals surface area contributed by atoms with Gasteiger partial charge in [-0.15, -0.1) is 0 Å². The molecule has 0 amide bonds. The standard InChI is InChI=1S/C10H16N2O3S/c1-2-16(14,15)8-3-4-10(13)9(7-8)12-6-5-11/h3-4,7,12-13H,2,5-6,11H2,1H3. The number of phenols is 1. The highest BCUT2D eigenvalue weighted by atomic mass is 32.2. The molecule has 0 aliphatic heterocycles. The number of sulfone groups is 1. The number of aromatic hydroxyl groups is 1. The number of nitrogens with one attached hydrogen (secondary N) is 1. The maximum absolute atomic E-state index is 11.6. The fourth-order valence-electron chi connectivity index (χ4n) is 1.22. The van der Waals surface area contributed by atoms with E-state index in [1.54, 1.807) is 6.92 Å². The molecule has 0 aliphatic rings. The summed E-state index contributed by atoms with van der Waals surface area (Å²) in [6, 6.07) is 4.17. The maximum atomic E-state index is 11.6. The molecule has 6 heteroatoms. The molecule has 1 aromatic rings. The van der Waals surface area contributed by atoms with Gasteiger partial charge in [0.05, 0.1) is 16.3 Å². The van der Waals surface area contributed by atoms with E-state index in [4.69, 9.17) is 5.73 Å². The van der Waals surface area contributed by atoms with Gasteiger partial charge in [-0.1, -0.05) is 6.92 Å². The number of anilines is 1. The number of benzene rings is 1. The highest BCUT2D eigenvalue weighted by molar-refractivity contribution is 7.91. The summed E-state index contributed by atoms with van der Waals surface area (Å²) < 4.78 is 23.2. The average molecular weight is 244 g/mol. The van der Waals surface area contributed by atoms with Crippen molar-refractivity contribution < 1.29 is 13.5 Å². The van der Waals surface area contributed by atoms with Crippen LogP contribution in [0.2, 0.25) is 0 Å². The molecule has 0 atom stereocenters. The van der Waals surface area contributed by atoms with Crippen LogP contribution in [-0.2, 0) is 9.84 Å². The van der Waals surface area contributed by atoms with Gasteiger partial charge in [0.2, 0.25) is 0 Å². The van der Waals surface area contributed by atoms with Gasteiger partial charge in [-0.25, -0.2) is 8.42 Å². The van der Waals surface area contributed by atoms with Crippen molar-refractivity contribution in [3.8, 4) is 5.75 Å². The molecule has 0 saturated heterocycles. The lowest BCUT2D eigenvalue weighted by Gasteiger charge is -2.09. The van der Waals surface area contributed by atoms with Crippen molar-refractivity contribution in [1.82, 2.24) is 0 Å². The predicted molar refractivity (Wildman–Crippen MR) is 63.4 cm³/mol. The molecule has 0 radical (unpaired) electrons. The van der Waals surface area contributed by atoms with Crippen LogP contribution < -0.4 is 11.1 Å². The molecular weight excluding hydrogens is 228 g/mol. The minimum Gasteiger partial charge on any atom is -0.506 e. The van der Waals surface area contributed by atoms with Crippen LogP contribution in [0.3, 0.4) is 0 Å². The molecule has 0 saturated carbocycles. The second-order valence-corrected chi connectivity index (χ2v) is 5.58. The molecular formula is C10H16N2O3S. The number of rotatable bonds is 5. The van der Waals surface area contributed by atoms with E-state index in [1.807, 2.05) is 0 Å². The van der Waals surface area contributed by atoms with E-state index in [9.17, 15) is 13.5 Å². The van der Waals surface area contributed by atoms with E-state index < -0.39 is 9.84 Å². The van der Waals surface area contributed by atoms with E-state index in [0.29, 0.717) is 18.8 Å². The van der Waals surface area contributed by atoms with Crippen molar-refractivity contribution in [3.63, 3.8) is 0 Å². The van der Waals surface area contributed by atoms with Crippen LogP contribution in [-0.4, -0.2) is 32.4 Å². The first-order chi connectivity index (χ1) is 7.51. The van der Waals surface area contributed by atoms with Crippen molar-refractivity contribution in [2.75, 3.05) is 24.2 Å². The van der Waals surface area contributed by atoms with Gasteiger partial charge in [0.15, 0.2) is 9.84 Å². The zero-order valence-electron chi connectivity index (χ0n) is 9.10. The van der Waals surface area contributed by atoms with E-state index >= 15 is 0 Å². The minimum atomic E-state index is -3.24. The minimum absolute atomic E-state index is 0.0171. The van der Waals surface area contributed by atoms with Gasteiger partial charge in [0.1, 0.15) is 5.75 Å². The van der Waals surface area contributed by atoms with Crippen LogP contribution in [0.25, 0.3) is 0 Å². The van der Waals surface area contributed by atoms with Crippen molar-refractivity contribution in [3.05, 3.63) is 18.2 Å². The second kappa shape index (κ2) is 5.18. The van der Waals surface area contributed by atoms with Gasteiger partial charge in [-0.2, -0.15) is 0 Å². The largest absolute Gasteiger partial charge is 0.506 e.